The fourth-order valence-electron chi connectivity index (χ4n) is 17.8. The van der Waals surface area contributed by atoms with E-state index in [0.717, 1.165) is 12.8 Å². The molecule has 1 aromatic heterocycles. The summed E-state index contributed by atoms with van der Waals surface area (Å²) in [6.07, 6.45) is 7.02. The molecule has 69 heavy (non-hydrogen) atoms. The molecule has 1 heteroatoms. The number of hydrogen-bond acceptors (Lipinski definition) is 0. The highest BCUT2D eigenvalue weighted by molar-refractivity contribution is 6.09. The van der Waals surface area contributed by atoms with Crippen molar-refractivity contribution in [3.8, 4) is 50.2 Å². The Morgan fingerprint density at radius 2 is 0.913 bits per heavy atom. The van der Waals surface area contributed by atoms with Gasteiger partial charge in [-0.05, 0) is 158 Å². The van der Waals surface area contributed by atoms with E-state index in [0.29, 0.717) is 17.8 Å². The third-order valence-electron chi connectivity index (χ3n) is 19.6. The van der Waals surface area contributed by atoms with Crippen LogP contribution in [-0.4, -0.2) is 4.57 Å². The second kappa shape index (κ2) is 13.5. The molecule has 6 aliphatic rings. The summed E-state index contributed by atoms with van der Waals surface area (Å²) in [5.74, 6) is 1.22. The molecule has 10 aromatic rings. The molecule has 0 N–H and O–H groups in total. The molecule has 3 spiro atoms. The second-order valence-electron chi connectivity index (χ2n) is 22.2. The molecule has 6 aliphatic carbocycles. The summed E-state index contributed by atoms with van der Waals surface area (Å²) in [5, 5.41) is 2.59. The number of nitrogens with zero attached hydrogens (tertiary/aromatic N) is 1. The maximum Gasteiger partial charge on any atom is 0.0541 e. The van der Waals surface area contributed by atoms with Gasteiger partial charge in [-0.2, -0.15) is 0 Å². The van der Waals surface area contributed by atoms with Crippen molar-refractivity contribution in [2.75, 3.05) is 0 Å². The Morgan fingerprint density at radius 1 is 0.406 bits per heavy atom. The van der Waals surface area contributed by atoms with Gasteiger partial charge in [0.25, 0.3) is 0 Å². The van der Waals surface area contributed by atoms with Gasteiger partial charge >= 0.3 is 0 Å². The number of rotatable bonds is 2. The normalized spacial score (nSPS) is 27.2. The standard InChI is InChI=1S/C68H53N/c1-65-42-67-41-45(48-18-3-5-25-56(48)63-49(26-16-30-60(63)67)43-33-35-46(36-34-43)69-61-31-14-9-23-54(61)55-24-10-15-32-62(55)69)40-66-39-44(47-17-2-4-19-50(47)51-20-7-12-28-58(51)66)37-38-68(65,64(66)67)59-29-13-8-22-53(59)52-21-6-11-27-57(52)65/h2-36,44-45,64H,37-42H2,1H3. The molecular weight excluding hydrogens is 831 g/mol. The fraction of sp³-hybridized carbons (Fsp3) is 0.206. The van der Waals surface area contributed by atoms with Gasteiger partial charge < -0.3 is 4.57 Å². The number of fused-ring (bicyclic) bond motifs is 17. The van der Waals surface area contributed by atoms with E-state index < -0.39 is 0 Å². The molecule has 16 rings (SSSR count). The Kier molecular flexibility index (Phi) is 7.58. The molecule has 9 aromatic carbocycles. The molecule has 4 bridgehead atoms. The summed E-state index contributed by atoms with van der Waals surface area (Å²) in [6, 6.07) is 83.4. The van der Waals surface area contributed by atoms with Gasteiger partial charge in [0.2, 0.25) is 0 Å². The van der Waals surface area contributed by atoms with Gasteiger partial charge in [-0.1, -0.05) is 195 Å². The van der Waals surface area contributed by atoms with Crippen LogP contribution in [0.3, 0.4) is 0 Å². The lowest BCUT2D eigenvalue weighted by Gasteiger charge is -2.61. The quantitative estimate of drug-likeness (QED) is 0.163. The first kappa shape index (κ1) is 38.7. The minimum Gasteiger partial charge on any atom is -0.309 e. The fourth-order valence-corrected chi connectivity index (χ4v) is 17.8. The molecule has 1 heterocycles. The Bertz CT molecular complexity index is 3760. The lowest BCUT2D eigenvalue weighted by Crippen LogP contribution is -2.59. The zero-order chi connectivity index (χ0) is 45.3. The van der Waals surface area contributed by atoms with Crippen molar-refractivity contribution < 1.29 is 0 Å². The average molecular weight is 884 g/mol. The molecule has 0 saturated heterocycles. The highest BCUT2D eigenvalue weighted by Gasteiger charge is 2.78. The zero-order valence-corrected chi connectivity index (χ0v) is 39.1. The molecule has 1 nitrogen and oxygen atoms in total. The van der Waals surface area contributed by atoms with Crippen LogP contribution in [0, 0.1) is 5.92 Å². The van der Waals surface area contributed by atoms with E-state index >= 15 is 0 Å². The van der Waals surface area contributed by atoms with Crippen LogP contribution in [0.1, 0.15) is 90.7 Å². The van der Waals surface area contributed by atoms with Crippen LogP contribution in [0.25, 0.3) is 72.0 Å². The topological polar surface area (TPSA) is 4.93 Å². The van der Waals surface area contributed by atoms with E-state index in [1.807, 2.05) is 0 Å². The van der Waals surface area contributed by atoms with Crippen molar-refractivity contribution in [1.82, 2.24) is 4.57 Å². The Morgan fingerprint density at radius 3 is 1.64 bits per heavy atom. The third kappa shape index (κ3) is 4.68. The second-order valence-corrected chi connectivity index (χ2v) is 22.2. The summed E-state index contributed by atoms with van der Waals surface area (Å²) in [6.45, 7) is 2.76. The lowest BCUT2D eigenvalue weighted by atomic mass is 9.41. The van der Waals surface area contributed by atoms with Crippen LogP contribution in [0.15, 0.2) is 212 Å². The summed E-state index contributed by atoms with van der Waals surface area (Å²) < 4.78 is 2.45. The highest BCUT2D eigenvalue weighted by atomic mass is 15.0. The van der Waals surface area contributed by atoms with Gasteiger partial charge in [-0.25, -0.2) is 0 Å². The van der Waals surface area contributed by atoms with Gasteiger partial charge in [0.1, 0.15) is 0 Å². The Labute approximate surface area is 405 Å². The molecule has 3 saturated carbocycles. The van der Waals surface area contributed by atoms with Gasteiger partial charge in [-0.3, -0.25) is 0 Å². The molecule has 3 fully saturated rings. The number of aromatic nitrogens is 1. The van der Waals surface area contributed by atoms with Gasteiger partial charge in [0.15, 0.2) is 0 Å². The minimum atomic E-state index is -0.131. The van der Waals surface area contributed by atoms with Gasteiger partial charge in [0.05, 0.1) is 11.0 Å². The van der Waals surface area contributed by atoms with Crippen molar-refractivity contribution in [2.45, 2.75) is 78.9 Å². The predicted molar refractivity (Wildman–Crippen MR) is 284 cm³/mol. The van der Waals surface area contributed by atoms with Crippen LogP contribution in [-0.2, 0) is 21.7 Å². The molecule has 330 valence electrons. The molecule has 7 unspecified atom stereocenters. The Balaban J connectivity index is 1.00. The smallest absolute Gasteiger partial charge is 0.0541 e. The summed E-state index contributed by atoms with van der Waals surface area (Å²) in [4.78, 5) is 0. The summed E-state index contributed by atoms with van der Waals surface area (Å²) in [5.41, 5.74) is 24.2. The maximum absolute atomic E-state index is 2.76. The Hall–Kier alpha value is -7.22. The van der Waals surface area contributed by atoms with Crippen molar-refractivity contribution in [1.29, 1.82) is 0 Å². The molecule has 0 radical (unpaired) electrons. The predicted octanol–water partition coefficient (Wildman–Crippen LogP) is 17.0. The van der Waals surface area contributed by atoms with Gasteiger partial charge in [-0.15, -0.1) is 0 Å². The van der Waals surface area contributed by atoms with Crippen LogP contribution >= 0.6 is 0 Å². The van der Waals surface area contributed by atoms with E-state index in [1.54, 1.807) is 33.4 Å². The molecule has 7 atom stereocenters. The van der Waals surface area contributed by atoms with E-state index in [1.165, 1.54) is 97.7 Å². The van der Waals surface area contributed by atoms with Crippen LogP contribution in [0.5, 0.6) is 0 Å². The minimum absolute atomic E-state index is 0.0917. The van der Waals surface area contributed by atoms with Crippen LogP contribution in [0.4, 0.5) is 0 Å². The summed E-state index contributed by atoms with van der Waals surface area (Å²) in [7, 11) is 0. The molecule has 0 aliphatic heterocycles. The maximum atomic E-state index is 2.76. The SMILES string of the molecule is CC12CC34CC(CC56CC(CCC1(c1ccccc1-c1ccccc12)C53)c1ccccc1-c1ccccc16)c1ccccc1-c1c(-c2ccc(-n3c5ccccc5c5ccccc53)cc2)cccc14. The van der Waals surface area contributed by atoms with E-state index in [4.69, 9.17) is 0 Å². The first-order valence-electron chi connectivity index (χ1n) is 25.7. The van der Waals surface area contributed by atoms with Crippen molar-refractivity contribution in [3.05, 3.63) is 246 Å². The zero-order valence-electron chi connectivity index (χ0n) is 39.1. The van der Waals surface area contributed by atoms with E-state index in [2.05, 4.69) is 224 Å². The van der Waals surface area contributed by atoms with Crippen molar-refractivity contribution in [3.63, 3.8) is 0 Å². The van der Waals surface area contributed by atoms with Crippen molar-refractivity contribution in [2.24, 2.45) is 5.92 Å². The van der Waals surface area contributed by atoms with Crippen molar-refractivity contribution >= 4 is 21.8 Å². The monoisotopic (exact) mass is 883 g/mol. The van der Waals surface area contributed by atoms with E-state index in [-0.39, 0.29) is 21.7 Å². The first-order valence-corrected chi connectivity index (χ1v) is 25.7. The third-order valence-corrected chi connectivity index (χ3v) is 19.6. The lowest BCUT2D eigenvalue weighted by molar-refractivity contribution is 0.0380. The number of benzene rings is 9. The summed E-state index contributed by atoms with van der Waals surface area (Å²) >= 11 is 0. The highest BCUT2D eigenvalue weighted by Crippen LogP contribution is 2.82. The van der Waals surface area contributed by atoms with Crippen LogP contribution in [0.2, 0.25) is 0 Å². The molecule has 0 amide bonds. The largest absolute Gasteiger partial charge is 0.309 e. The number of para-hydroxylation sites is 2. The van der Waals surface area contributed by atoms with Crippen LogP contribution < -0.4 is 0 Å². The average Bonchev–Trinajstić information content (AvgIpc) is 3.72. The number of hydrogen-bond donors (Lipinski definition) is 0. The van der Waals surface area contributed by atoms with E-state index in [9.17, 15) is 0 Å². The van der Waals surface area contributed by atoms with Gasteiger partial charge in [0, 0.05) is 38.1 Å². The first-order chi connectivity index (χ1) is 34.0. The molecular formula is C68H53N.